The van der Waals surface area contributed by atoms with Crippen LogP contribution in [-0.4, -0.2) is 41.8 Å². The van der Waals surface area contributed by atoms with Crippen LogP contribution in [0.5, 0.6) is 5.75 Å². The smallest absolute Gasteiger partial charge is 0.325 e. The largest absolute Gasteiger partial charge is 0.496 e. The first-order chi connectivity index (χ1) is 12.9. The van der Waals surface area contributed by atoms with Gasteiger partial charge in [-0.15, -0.1) is 0 Å². The summed E-state index contributed by atoms with van der Waals surface area (Å²) in [5.41, 5.74) is 2.41. The minimum absolute atomic E-state index is 0.303. The Morgan fingerprint density at radius 3 is 2.44 bits per heavy atom. The summed E-state index contributed by atoms with van der Waals surface area (Å²) in [7, 11) is 1.49. The van der Waals surface area contributed by atoms with E-state index in [2.05, 4.69) is 5.32 Å². The van der Waals surface area contributed by atoms with Gasteiger partial charge in [0.2, 0.25) is 0 Å². The fraction of sp³-hybridized carbons (Fsp3) is 0.286. The molecule has 138 valence electrons. The van der Waals surface area contributed by atoms with Crippen LogP contribution >= 0.6 is 0 Å². The van der Waals surface area contributed by atoms with Crippen molar-refractivity contribution < 1.29 is 19.1 Å². The Balaban J connectivity index is 1.58. The Hall–Kier alpha value is -3.15. The quantitative estimate of drug-likeness (QED) is 0.667. The highest BCUT2D eigenvalue weighted by Crippen LogP contribution is 2.35. The number of hydrogen-bond acceptors (Lipinski definition) is 4. The van der Waals surface area contributed by atoms with Crippen molar-refractivity contribution in [2.24, 2.45) is 0 Å². The number of carbonyl (C=O) groups excluding carboxylic acids is 3. The lowest BCUT2D eigenvalue weighted by molar-refractivity contribution is -0.130. The van der Waals surface area contributed by atoms with Crippen molar-refractivity contribution in [1.29, 1.82) is 0 Å². The van der Waals surface area contributed by atoms with Crippen LogP contribution < -0.4 is 10.1 Å². The molecule has 0 aromatic heterocycles. The maximum Gasteiger partial charge on any atom is 0.325 e. The normalized spacial score (nSPS) is 17.2. The lowest BCUT2D eigenvalue weighted by Gasteiger charge is -2.20. The lowest BCUT2D eigenvalue weighted by atomic mass is 9.95. The molecule has 4 rings (SSSR count). The second kappa shape index (κ2) is 6.23. The van der Waals surface area contributed by atoms with Crippen LogP contribution in [0.1, 0.15) is 27.0 Å². The van der Waals surface area contributed by atoms with Gasteiger partial charge < -0.3 is 10.1 Å². The predicted octanol–water partition coefficient (Wildman–Crippen LogP) is 2.28. The number of carbonyl (C=O) groups is 3. The first-order valence-electron chi connectivity index (χ1n) is 8.82. The molecule has 0 radical (unpaired) electrons. The van der Waals surface area contributed by atoms with E-state index in [0.29, 0.717) is 24.2 Å². The molecule has 1 spiro atoms. The Morgan fingerprint density at radius 1 is 1.15 bits per heavy atom. The molecular weight excluding hydrogens is 344 g/mol. The van der Waals surface area contributed by atoms with E-state index in [1.807, 2.05) is 37.3 Å². The van der Waals surface area contributed by atoms with Gasteiger partial charge in [0, 0.05) is 12.8 Å². The number of nitrogens with one attached hydrogen (secondary N) is 1. The molecule has 6 nitrogen and oxygen atoms in total. The molecule has 6 heteroatoms. The summed E-state index contributed by atoms with van der Waals surface area (Å²) >= 11 is 0. The lowest BCUT2D eigenvalue weighted by Crippen LogP contribution is -2.48. The summed E-state index contributed by atoms with van der Waals surface area (Å²) in [5.74, 6) is -0.240. The van der Waals surface area contributed by atoms with Crippen molar-refractivity contribution >= 4 is 17.7 Å². The van der Waals surface area contributed by atoms with E-state index in [1.54, 1.807) is 12.1 Å². The third kappa shape index (κ3) is 2.77. The number of ether oxygens (including phenoxy) is 1. The number of urea groups is 1. The Kier molecular flexibility index (Phi) is 3.98. The highest BCUT2D eigenvalue weighted by atomic mass is 16.5. The second-order valence-corrected chi connectivity index (χ2v) is 7.15. The zero-order chi connectivity index (χ0) is 19.2. The van der Waals surface area contributed by atoms with Gasteiger partial charge in [-0.3, -0.25) is 14.5 Å². The monoisotopic (exact) mass is 364 g/mol. The molecule has 0 saturated carbocycles. The summed E-state index contributed by atoms with van der Waals surface area (Å²) in [5, 5.41) is 2.83. The molecule has 2 aliphatic rings. The number of rotatable bonds is 4. The fourth-order valence-corrected chi connectivity index (χ4v) is 3.94. The number of methoxy groups -OCH3 is 1. The molecule has 1 fully saturated rings. The van der Waals surface area contributed by atoms with Crippen LogP contribution in [0.25, 0.3) is 0 Å². The Morgan fingerprint density at radius 2 is 1.81 bits per heavy atom. The number of aryl methyl sites for hydroxylation is 1. The van der Waals surface area contributed by atoms with E-state index < -0.39 is 11.6 Å². The maximum absolute atomic E-state index is 13.1. The highest BCUT2D eigenvalue weighted by Gasteiger charge is 2.54. The van der Waals surface area contributed by atoms with Crippen LogP contribution in [0.3, 0.4) is 0 Å². The average Bonchev–Trinajstić information content (AvgIpc) is 3.13. The van der Waals surface area contributed by atoms with Gasteiger partial charge in [0.1, 0.15) is 11.3 Å². The third-order valence-corrected chi connectivity index (χ3v) is 5.31. The molecule has 2 aromatic carbocycles. The molecule has 0 bridgehead atoms. The van der Waals surface area contributed by atoms with Crippen molar-refractivity contribution in [2.45, 2.75) is 25.3 Å². The van der Waals surface area contributed by atoms with Crippen LogP contribution in [0.2, 0.25) is 0 Å². The van der Waals surface area contributed by atoms with Gasteiger partial charge in [-0.05, 0) is 30.2 Å². The standard InChI is InChI=1S/C21H20N2O4/c1-13-7-8-18(27-2)16(9-13)17(24)12-23-19(25)21(22-20(23)26)10-14-5-3-4-6-15(14)11-21/h3-9H,10-12H2,1-2H3,(H,22,26). The van der Waals surface area contributed by atoms with E-state index >= 15 is 0 Å². The molecule has 1 N–H and O–H groups in total. The van der Waals surface area contributed by atoms with E-state index in [9.17, 15) is 14.4 Å². The molecular formula is C21H20N2O4. The number of hydrogen-bond donors (Lipinski definition) is 1. The van der Waals surface area contributed by atoms with Gasteiger partial charge in [0.25, 0.3) is 5.91 Å². The van der Waals surface area contributed by atoms with Gasteiger partial charge in [0.05, 0.1) is 19.2 Å². The van der Waals surface area contributed by atoms with Crippen molar-refractivity contribution in [3.8, 4) is 5.75 Å². The van der Waals surface area contributed by atoms with Crippen LogP contribution in [-0.2, 0) is 17.6 Å². The summed E-state index contributed by atoms with van der Waals surface area (Å²) in [6, 6.07) is 12.5. The fourth-order valence-electron chi connectivity index (χ4n) is 3.94. The van der Waals surface area contributed by atoms with E-state index in [-0.39, 0.29) is 18.2 Å². The first-order valence-corrected chi connectivity index (χ1v) is 8.82. The molecule has 0 atom stereocenters. The van der Waals surface area contributed by atoms with Gasteiger partial charge in [-0.2, -0.15) is 0 Å². The second-order valence-electron chi connectivity index (χ2n) is 7.15. The molecule has 1 aliphatic carbocycles. The first kappa shape index (κ1) is 17.3. The highest BCUT2D eigenvalue weighted by molar-refractivity contribution is 6.12. The van der Waals surface area contributed by atoms with Gasteiger partial charge in [-0.25, -0.2) is 4.79 Å². The molecule has 1 saturated heterocycles. The predicted molar refractivity (Wildman–Crippen MR) is 98.9 cm³/mol. The van der Waals surface area contributed by atoms with Gasteiger partial charge in [-0.1, -0.05) is 35.9 Å². The van der Waals surface area contributed by atoms with Crippen molar-refractivity contribution in [1.82, 2.24) is 10.2 Å². The Labute approximate surface area is 157 Å². The molecule has 2 aromatic rings. The molecule has 3 amide bonds. The van der Waals surface area contributed by atoms with Crippen molar-refractivity contribution in [3.63, 3.8) is 0 Å². The van der Waals surface area contributed by atoms with Crippen LogP contribution in [0, 0.1) is 6.92 Å². The minimum Gasteiger partial charge on any atom is -0.496 e. The number of ketones is 1. The molecule has 0 unspecified atom stereocenters. The van der Waals surface area contributed by atoms with Gasteiger partial charge in [0.15, 0.2) is 5.78 Å². The van der Waals surface area contributed by atoms with E-state index in [0.717, 1.165) is 21.6 Å². The molecule has 1 heterocycles. The molecule has 27 heavy (non-hydrogen) atoms. The molecule has 1 aliphatic heterocycles. The number of fused-ring (bicyclic) bond motifs is 1. The van der Waals surface area contributed by atoms with Crippen LogP contribution in [0.15, 0.2) is 42.5 Å². The van der Waals surface area contributed by atoms with Gasteiger partial charge >= 0.3 is 6.03 Å². The number of benzene rings is 2. The maximum atomic E-state index is 13.1. The summed E-state index contributed by atoms with van der Waals surface area (Å²) in [6.07, 6.45) is 0.901. The summed E-state index contributed by atoms with van der Waals surface area (Å²) < 4.78 is 5.25. The van der Waals surface area contributed by atoms with E-state index in [1.165, 1.54) is 7.11 Å². The number of nitrogens with zero attached hydrogens (tertiary/aromatic N) is 1. The number of Topliss-reactive ketones (excluding diaryl/α,β-unsaturated/α-hetero) is 1. The minimum atomic E-state index is -0.974. The zero-order valence-corrected chi connectivity index (χ0v) is 15.2. The summed E-state index contributed by atoms with van der Waals surface area (Å²) in [6.45, 7) is 1.57. The van der Waals surface area contributed by atoms with Crippen molar-refractivity contribution in [3.05, 3.63) is 64.7 Å². The van der Waals surface area contributed by atoms with Crippen LogP contribution in [0.4, 0.5) is 4.79 Å². The number of amides is 3. The zero-order valence-electron chi connectivity index (χ0n) is 15.2. The van der Waals surface area contributed by atoms with E-state index in [4.69, 9.17) is 4.74 Å². The summed E-state index contributed by atoms with van der Waals surface area (Å²) in [4.78, 5) is 39.4. The third-order valence-electron chi connectivity index (χ3n) is 5.31. The topological polar surface area (TPSA) is 75.7 Å². The number of imide groups is 1. The SMILES string of the molecule is COc1ccc(C)cc1C(=O)CN1C(=O)NC2(Cc3ccccc3C2)C1=O. The average molecular weight is 364 g/mol. The Bertz CT molecular complexity index is 941. The van der Waals surface area contributed by atoms with Crippen molar-refractivity contribution in [2.75, 3.05) is 13.7 Å².